The summed E-state index contributed by atoms with van der Waals surface area (Å²) >= 11 is 0. The van der Waals surface area contributed by atoms with E-state index in [9.17, 15) is 25.0 Å². The standard InChI is InChI=1S/C22H16N4O7/c1-14(27)24-22(15-6-5-9-20(12-15)32-19-7-3-2-4-8-19)33-21(23-24)16-10-17(25(28)29)13-18(11-16)26(30)31/h2-13,22H,1H3/t22-/m0/s1. The molecule has 11 nitrogen and oxygen atoms in total. The van der Waals surface area contributed by atoms with Gasteiger partial charge in [0.2, 0.25) is 18.0 Å². The first-order valence-corrected chi connectivity index (χ1v) is 9.64. The minimum absolute atomic E-state index is 0.00124. The molecule has 1 atom stereocenters. The van der Waals surface area contributed by atoms with Crippen LogP contribution in [-0.4, -0.2) is 26.7 Å². The Morgan fingerprint density at radius 2 is 1.58 bits per heavy atom. The van der Waals surface area contributed by atoms with Gasteiger partial charge < -0.3 is 9.47 Å². The number of carbonyl (C=O) groups is 1. The number of non-ortho nitro benzene ring substituents is 2. The van der Waals surface area contributed by atoms with Crippen molar-refractivity contribution in [3.05, 3.63) is 104 Å². The van der Waals surface area contributed by atoms with E-state index in [2.05, 4.69) is 5.10 Å². The number of benzene rings is 3. The van der Waals surface area contributed by atoms with Gasteiger partial charge in [0.15, 0.2) is 0 Å². The van der Waals surface area contributed by atoms with Crippen LogP contribution in [0, 0.1) is 20.2 Å². The van der Waals surface area contributed by atoms with E-state index in [0.717, 1.165) is 23.2 Å². The molecule has 0 fully saturated rings. The number of nitro benzene ring substituents is 2. The molecule has 3 aromatic rings. The Kier molecular flexibility index (Phi) is 5.68. The van der Waals surface area contributed by atoms with Crippen molar-refractivity contribution >= 4 is 23.2 Å². The fourth-order valence-corrected chi connectivity index (χ4v) is 3.19. The topological polar surface area (TPSA) is 137 Å². The van der Waals surface area contributed by atoms with Gasteiger partial charge in [-0.05, 0) is 24.3 Å². The van der Waals surface area contributed by atoms with Crippen molar-refractivity contribution in [2.24, 2.45) is 5.10 Å². The predicted molar refractivity (Wildman–Crippen MR) is 116 cm³/mol. The summed E-state index contributed by atoms with van der Waals surface area (Å²) in [6.45, 7) is 1.28. The molecule has 0 aliphatic carbocycles. The van der Waals surface area contributed by atoms with Crippen LogP contribution in [0.5, 0.6) is 11.5 Å². The highest BCUT2D eigenvalue weighted by atomic mass is 16.6. The molecule has 1 heterocycles. The number of hydrogen-bond acceptors (Lipinski definition) is 8. The van der Waals surface area contributed by atoms with Gasteiger partial charge in [-0.25, -0.2) is 0 Å². The minimum atomic E-state index is -0.991. The van der Waals surface area contributed by atoms with Crippen molar-refractivity contribution in [1.29, 1.82) is 0 Å². The number of para-hydroxylation sites is 1. The van der Waals surface area contributed by atoms with Crippen LogP contribution >= 0.6 is 0 Å². The van der Waals surface area contributed by atoms with Gasteiger partial charge in [0.25, 0.3) is 11.4 Å². The summed E-state index contributed by atoms with van der Waals surface area (Å²) in [5, 5.41) is 27.6. The predicted octanol–water partition coefficient (Wildman–Crippen LogP) is 4.53. The van der Waals surface area contributed by atoms with Gasteiger partial charge >= 0.3 is 0 Å². The molecule has 1 aliphatic rings. The van der Waals surface area contributed by atoms with Crippen molar-refractivity contribution in [2.75, 3.05) is 0 Å². The third-order valence-corrected chi connectivity index (χ3v) is 4.66. The highest BCUT2D eigenvalue weighted by Crippen LogP contribution is 2.34. The third kappa shape index (κ3) is 4.61. The summed E-state index contributed by atoms with van der Waals surface area (Å²) in [5.41, 5.74) is -0.471. The third-order valence-electron chi connectivity index (χ3n) is 4.66. The normalized spacial score (nSPS) is 14.9. The molecular formula is C22H16N4O7. The van der Waals surface area contributed by atoms with Gasteiger partial charge in [0, 0.05) is 24.6 Å². The Labute approximate surface area is 186 Å². The number of hydrazone groups is 1. The molecule has 33 heavy (non-hydrogen) atoms. The van der Waals surface area contributed by atoms with Crippen LogP contribution in [0.1, 0.15) is 24.3 Å². The Balaban J connectivity index is 1.67. The molecule has 0 unspecified atom stereocenters. The quantitative estimate of drug-likeness (QED) is 0.399. The molecule has 166 valence electrons. The lowest BCUT2D eigenvalue weighted by molar-refractivity contribution is -0.394. The lowest BCUT2D eigenvalue weighted by Gasteiger charge is -2.20. The number of nitro groups is 2. The lowest BCUT2D eigenvalue weighted by atomic mass is 10.1. The Morgan fingerprint density at radius 1 is 0.939 bits per heavy atom. The molecule has 4 rings (SSSR count). The zero-order valence-corrected chi connectivity index (χ0v) is 17.2. The summed E-state index contributed by atoms with van der Waals surface area (Å²) in [7, 11) is 0. The number of ether oxygens (including phenoxy) is 2. The van der Waals surface area contributed by atoms with Gasteiger partial charge in [0.05, 0.1) is 21.5 Å². The average Bonchev–Trinajstić information content (AvgIpc) is 3.26. The summed E-state index contributed by atoms with van der Waals surface area (Å²) in [5.74, 6) is 0.497. The van der Waals surface area contributed by atoms with Crippen LogP contribution in [0.25, 0.3) is 0 Å². The maximum atomic E-state index is 12.2. The van der Waals surface area contributed by atoms with Gasteiger partial charge in [-0.3, -0.25) is 25.0 Å². The molecule has 1 aliphatic heterocycles. The highest BCUT2D eigenvalue weighted by molar-refractivity contribution is 5.97. The largest absolute Gasteiger partial charge is 0.457 e. The molecule has 0 N–H and O–H groups in total. The molecule has 0 saturated heterocycles. The number of hydrogen-bond donors (Lipinski definition) is 0. The SMILES string of the molecule is CC(=O)N1N=C(c2cc([N+](=O)[O-])cc([N+](=O)[O-])c2)O[C@H]1c1cccc(Oc2ccccc2)c1. The van der Waals surface area contributed by atoms with Crippen LogP contribution in [0.2, 0.25) is 0 Å². The highest BCUT2D eigenvalue weighted by Gasteiger charge is 2.34. The van der Waals surface area contributed by atoms with Crippen molar-refractivity contribution in [3.63, 3.8) is 0 Å². The molecule has 11 heteroatoms. The second-order valence-corrected chi connectivity index (χ2v) is 6.98. The Bertz CT molecular complexity index is 1240. The summed E-state index contributed by atoms with van der Waals surface area (Å²) < 4.78 is 11.7. The first kappa shape index (κ1) is 21.4. The summed E-state index contributed by atoms with van der Waals surface area (Å²) in [6.07, 6.45) is -0.991. The van der Waals surface area contributed by atoms with E-state index in [4.69, 9.17) is 9.47 Å². The minimum Gasteiger partial charge on any atom is -0.457 e. The van der Waals surface area contributed by atoms with Gasteiger partial charge in [0.1, 0.15) is 11.5 Å². The second-order valence-electron chi connectivity index (χ2n) is 6.98. The van der Waals surface area contributed by atoms with Gasteiger partial charge in [-0.2, -0.15) is 5.01 Å². The van der Waals surface area contributed by atoms with E-state index in [1.165, 1.54) is 6.92 Å². The fourth-order valence-electron chi connectivity index (χ4n) is 3.19. The number of nitrogens with zero attached hydrogens (tertiary/aromatic N) is 4. The van der Waals surface area contributed by atoms with E-state index in [1.807, 2.05) is 18.2 Å². The van der Waals surface area contributed by atoms with Crippen LogP contribution in [-0.2, 0) is 9.53 Å². The van der Waals surface area contributed by atoms with Crippen LogP contribution in [0.4, 0.5) is 11.4 Å². The van der Waals surface area contributed by atoms with E-state index in [0.29, 0.717) is 17.1 Å². The smallest absolute Gasteiger partial charge is 0.277 e. The van der Waals surface area contributed by atoms with E-state index in [-0.39, 0.29) is 11.5 Å². The maximum Gasteiger partial charge on any atom is 0.277 e. The van der Waals surface area contributed by atoms with Crippen molar-refractivity contribution in [2.45, 2.75) is 13.2 Å². The molecule has 0 bridgehead atoms. The van der Waals surface area contributed by atoms with Crippen molar-refractivity contribution in [3.8, 4) is 11.5 Å². The lowest BCUT2D eigenvalue weighted by Crippen LogP contribution is -2.25. The van der Waals surface area contributed by atoms with Crippen LogP contribution < -0.4 is 4.74 Å². The zero-order valence-electron chi connectivity index (χ0n) is 17.2. The number of carbonyl (C=O) groups excluding carboxylic acids is 1. The molecule has 0 aromatic heterocycles. The zero-order chi connectivity index (χ0) is 23.5. The number of amides is 1. The van der Waals surface area contributed by atoms with Crippen molar-refractivity contribution < 1.29 is 24.1 Å². The second kappa shape index (κ2) is 8.75. The molecule has 0 radical (unpaired) electrons. The molecule has 3 aromatic carbocycles. The van der Waals surface area contributed by atoms with E-state index >= 15 is 0 Å². The molecule has 1 amide bonds. The first-order valence-electron chi connectivity index (χ1n) is 9.64. The summed E-state index contributed by atoms with van der Waals surface area (Å²) in [4.78, 5) is 33.1. The van der Waals surface area contributed by atoms with E-state index in [1.54, 1.807) is 36.4 Å². The molecule has 0 spiro atoms. The van der Waals surface area contributed by atoms with Crippen molar-refractivity contribution in [1.82, 2.24) is 5.01 Å². The van der Waals surface area contributed by atoms with Crippen LogP contribution in [0.15, 0.2) is 77.9 Å². The van der Waals surface area contributed by atoms with Gasteiger partial charge in [-0.1, -0.05) is 30.3 Å². The number of rotatable bonds is 6. The summed E-state index contributed by atoms with van der Waals surface area (Å²) in [6, 6.07) is 18.9. The van der Waals surface area contributed by atoms with Gasteiger partial charge in [-0.15, -0.1) is 5.10 Å². The fraction of sp³-hybridized carbons (Fsp3) is 0.0909. The monoisotopic (exact) mass is 448 g/mol. The molecular weight excluding hydrogens is 432 g/mol. The first-order chi connectivity index (χ1) is 15.8. The van der Waals surface area contributed by atoms with Crippen LogP contribution in [0.3, 0.4) is 0 Å². The van der Waals surface area contributed by atoms with E-state index < -0.39 is 33.4 Å². The maximum absolute atomic E-state index is 12.2. The molecule has 0 saturated carbocycles. The average molecular weight is 448 g/mol. The Hall–Kier alpha value is -4.80. The Morgan fingerprint density at radius 3 is 2.18 bits per heavy atom.